The van der Waals surface area contributed by atoms with Crippen molar-refractivity contribution in [2.24, 2.45) is 0 Å². The SMILES string of the molecule is Nc1c(C(=O)CBr)ccc(C(F)(F)F)c1N. The Bertz CT molecular complexity index is 431. The van der Waals surface area contributed by atoms with Gasteiger partial charge in [-0.1, -0.05) is 15.9 Å². The summed E-state index contributed by atoms with van der Waals surface area (Å²) < 4.78 is 37.2. The summed E-state index contributed by atoms with van der Waals surface area (Å²) in [6.45, 7) is 0. The lowest BCUT2D eigenvalue weighted by molar-refractivity contribution is -0.136. The summed E-state index contributed by atoms with van der Waals surface area (Å²) in [7, 11) is 0. The highest BCUT2D eigenvalue weighted by atomic mass is 79.9. The lowest BCUT2D eigenvalue weighted by Gasteiger charge is -2.13. The molecule has 0 atom stereocenters. The van der Waals surface area contributed by atoms with Crippen molar-refractivity contribution in [1.82, 2.24) is 0 Å². The van der Waals surface area contributed by atoms with Gasteiger partial charge in [0.25, 0.3) is 0 Å². The molecule has 4 N–H and O–H groups in total. The normalized spacial score (nSPS) is 11.5. The minimum atomic E-state index is -4.58. The van der Waals surface area contributed by atoms with E-state index < -0.39 is 23.2 Å². The van der Waals surface area contributed by atoms with Crippen LogP contribution in [0, 0.1) is 0 Å². The van der Waals surface area contributed by atoms with Crippen molar-refractivity contribution in [3.05, 3.63) is 23.3 Å². The van der Waals surface area contributed by atoms with Gasteiger partial charge in [0.15, 0.2) is 5.78 Å². The topological polar surface area (TPSA) is 69.1 Å². The van der Waals surface area contributed by atoms with Crippen molar-refractivity contribution < 1.29 is 18.0 Å². The third kappa shape index (κ3) is 2.29. The number of nitrogens with two attached hydrogens (primary N) is 2. The number of nitrogen functional groups attached to an aromatic ring is 2. The van der Waals surface area contributed by atoms with Crippen LogP contribution in [0.25, 0.3) is 0 Å². The van der Waals surface area contributed by atoms with Crippen molar-refractivity contribution >= 4 is 33.1 Å². The van der Waals surface area contributed by atoms with Crippen molar-refractivity contribution in [2.45, 2.75) is 6.18 Å². The standard InChI is InChI=1S/C9H8BrF3N2O/c10-3-6(16)4-1-2-5(9(11,12)13)8(15)7(4)14/h1-2H,3,14-15H2. The highest BCUT2D eigenvalue weighted by Gasteiger charge is 2.34. The van der Waals surface area contributed by atoms with E-state index in [4.69, 9.17) is 11.5 Å². The first kappa shape index (κ1) is 12.8. The molecule has 0 aliphatic heterocycles. The zero-order chi connectivity index (χ0) is 12.5. The molecule has 0 bridgehead atoms. The number of hydrogen-bond acceptors (Lipinski definition) is 3. The van der Waals surface area contributed by atoms with Crippen molar-refractivity contribution in [3.63, 3.8) is 0 Å². The predicted octanol–water partition coefficient (Wildman–Crippen LogP) is 2.45. The molecule has 0 amide bonds. The summed E-state index contributed by atoms with van der Waals surface area (Å²) in [4.78, 5) is 11.3. The molecule has 0 aliphatic carbocycles. The second-order valence-electron chi connectivity index (χ2n) is 3.04. The molecule has 0 radical (unpaired) electrons. The van der Waals surface area contributed by atoms with E-state index in [1.807, 2.05) is 0 Å². The van der Waals surface area contributed by atoms with Crippen molar-refractivity contribution in [2.75, 3.05) is 16.8 Å². The summed E-state index contributed by atoms with van der Waals surface area (Å²) >= 11 is 2.90. The Balaban J connectivity index is 3.35. The second kappa shape index (κ2) is 4.32. The molecule has 0 aliphatic rings. The first-order chi connectivity index (χ1) is 7.29. The van der Waals surface area contributed by atoms with Crippen LogP contribution in [0.1, 0.15) is 15.9 Å². The van der Waals surface area contributed by atoms with Crippen LogP contribution in [-0.2, 0) is 6.18 Å². The van der Waals surface area contributed by atoms with Crippen LogP contribution in [0.5, 0.6) is 0 Å². The maximum atomic E-state index is 12.4. The fourth-order valence-electron chi connectivity index (χ4n) is 1.20. The fraction of sp³-hybridized carbons (Fsp3) is 0.222. The molecule has 7 heteroatoms. The number of anilines is 2. The Morgan fingerprint density at radius 1 is 1.25 bits per heavy atom. The van der Waals surface area contributed by atoms with E-state index in [0.29, 0.717) is 0 Å². The first-order valence-corrected chi connectivity index (χ1v) is 5.25. The number of hydrogen-bond donors (Lipinski definition) is 2. The van der Waals surface area contributed by atoms with E-state index in [9.17, 15) is 18.0 Å². The number of carbonyl (C=O) groups is 1. The Kier molecular flexibility index (Phi) is 3.47. The van der Waals surface area contributed by atoms with Gasteiger partial charge < -0.3 is 11.5 Å². The van der Waals surface area contributed by atoms with Crippen LogP contribution < -0.4 is 11.5 Å². The Labute approximate surface area is 97.7 Å². The molecule has 0 spiro atoms. The van der Waals surface area contributed by atoms with E-state index in [2.05, 4.69) is 15.9 Å². The van der Waals surface area contributed by atoms with Gasteiger partial charge in [-0.2, -0.15) is 13.2 Å². The van der Waals surface area contributed by atoms with Crippen LogP contribution >= 0.6 is 15.9 Å². The summed E-state index contributed by atoms with van der Waals surface area (Å²) in [5, 5.41) is -0.0258. The quantitative estimate of drug-likeness (QED) is 0.500. The van der Waals surface area contributed by atoms with Gasteiger partial charge in [-0.15, -0.1) is 0 Å². The molecule has 0 fully saturated rings. The van der Waals surface area contributed by atoms with Crippen molar-refractivity contribution in [1.29, 1.82) is 0 Å². The van der Waals surface area contributed by atoms with Gasteiger partial charge in [0.2, 0.25) is 0 Å². The summed E-state index contributed by atoms with van der Waals surface area (Å²) in [6, 6.07) is 1.78. The molecular formula is C9H8BrF3N2O. The number of rotatable bonds is 2. The predicted molar refractivity (Wildman–Crippen MR) is 58.4 cm³/mol. The lowest BCUT2D eigenvalue weighted by atomic mass is 10.0. The summed E-state index contributed by atoms with van der Waals surface area (Å²) in [5.74, 6) is -0.419. The Morgan fingerprint density at radius 2 is 1.81 bits per heavy atom. The zero-order valence-corrected chi connectivity index (χ0v) is 9.52. The van der Waals surface area contributed by atoms with Gasteiger partial charge in [-0.3, -0.25) is 4.79 Å². The van der Waals surface area contributed by atoms with Gasteiger partial charge in [0.1, 0.15) is 0 Å². The fourth-order valence-corrected chi connectivity index (χ4v) is 1.50. The van der Waals surface area contributed by atoms with Crippen molar-refractivity contribution in [3.8, 4) is 0 Å². The maximum absolute atomic E-state index is 12.4. The number of carbonyl (C=O) groups excluding carboxylic acids is 1. The third-order valence-electron chi connectivity index (χ3n) is 2.01. The Hall–Kier alpha value is -1.24. The van der Waals surface area contributed by atoms with Gasteiger partial charge in [-0.25, -0.2) is 0 Å². The van der Waals surface area contributed by atoms with Crippen LogP contribution in [0.4, 0.5) is 24.5 Å². The number of Topliss-reactive ketones (excluding diaryl/α,β-unsaturated/α-hetero) is 1. The minimum absolute atomic E-state index is 0.0117. The number of ketones is 1. The maximum Gasteiger partial charge on any atom is 0.418 e. The number of benzene rings is 1. The van der Waals surface area contributed by atoms with Crippen LogP contribution in [0.3, 0.4) is 0 Å². The first-order valence-electron chi connectivity index (χ1n) is 4.13. The molecular weight excluding hydrogens is 289 g/mol. The highest BCUT2D eigenvalue weighted by molar-refractivity contribution is 9.09. The lowest BCUT2D eigenvalue weighted by Crippen LogP contribution is -2.14. The molecule has 3 nitrogen and oxygen atoms in total. The van der Waals surface area contributed by atoms with Gasteiger partial charge in [-0.05, 0) is 12.1 Å². The van der Waals surface area contributed by atoms with E-state index in [1.165, 1.54) is 0 Å². The third-order valence-corrected chi connectivity index (χ3v) is 2.52. The van der Waals surface area contributed by atoms with Gasteiger partial charge >= 0.3 is 6.18 Å². The van der Waals surface area contributed by atoms with Gasteiger partial charge in [0, 0.05) is 5.56 Å². The molecule has 1 aromatic carbocycles. The molecule has 1 rings (SSSR count). The van der Waals surface area contributed by atoms with Crippen LogP contribution in [-0.4, -0.2) is 11.1 Å². The zero-order valence-electron chi connectivity index (χ0n) is 7.94. The molecule has 16 heavy (non-hydrogen) atoms. The molecule has 88 valence electrons. The second-order valence-corrected chi connectivity index (χ2v) is 3.60. The molecule has 1 aromatic rings. The largest absolute Gasteiger partial charge is 0.418 e. The summed E-state index contributed by atoms with van der Waals surface area (Å²) in [5.41, 5.74) is 8.65. The van der Waals surface area contributed by atoms with E-state index in [-0.39, 0.29) is 16.6 Å². The number of halogens is 4. The smallest absolute Gasteiger partial charge is 0.397 e. The van der Waals surface area contributed by atoms with Crippen LogP contribution in [0.15, 0.2) is 12.1 Å². The van der Waals surface area contributed by atoms with E-state index in [1.54, 1.807) is 0 Å². The Morgan fingerprint density at radius 3 is 2.25 bits per heavy atom. The van der Waals surface area contributed by atoms with E-state index in [0.717, 1.165) is 12.1 Å². The number of alkyl halides is 4. The molecule has 0 heterocycles. The average Bonchev–Trinajstić information content (AvgIpc) is 2.19. The molecule has 0 aromatic heterocycles. The average molecular weight is 297 g/mol. The molecule has 0 saturated heterocycles. The molecule has 0 unspecified atom stereocenters. The molecule has 0 saturated carbocycles. The monoisotopic (exact) mass is 296 g/mol. The minimum Gasteiger partial charge on any atom is -0.397 e. The highest BCUT2D eigenvalue weighted by Crippen LogP contribution is 2.37. The van der Waals surface area contributed by atoms with Crippen LogP contribution in [0.2, 0.25) is 0 Å². The van der Waals surface area contributed by atoms with E-state index >= 15 is 0 Å². The van der Waals surface area contributed by atoms with Gasteiger partial charge in [0.05, 0.1) is 22.3 Å². The summed E-state index contributed by atoms with van der Waals surface area (Å²) in [6.07, 6.45) is -4.58.